The maximum Gasteiger partial charge on any atom is 0.250 e. The van der Waals surface area contributed by atoms with Crippen molar-refractivity contribution in [1.82, 2.24) is 10.4 Å². The molecule has 1 amide bonds. The minimum atomic E-state index is -0.186. The van der Waals surface area contributed by atoms with Crippen LogP contribution in [0.5, 0.6) is 5.75 Å². The van der Waals surface area contributed by atoms with E-state index in [2.05, 4.69) is 15.5 Å². The van der Waals surface area contributed by atoms with Crippen molar-refractivity contribution >= 4 is 46.8 Å². The van der Waals surface area contributed by atoms with Crippen LogP contribution in [-0.4, -0.2) is 29.0 Å². The fourth-order valence-corrected chi connectivity index (χ4v) is 4.07. The van der Waals surface area contributed by atoms with Crippen LogP contribution in [0.4, 0.5) is 0 Å². The number of carbonyl (C=O) groups excluding carboxylic acids is 1. The number of nitrogens with one attached hydrogen (secondary N) is 1. The molecule has 0 aliphatic rings. The molecule has 0 saturated carbocycles. The predicted octanol–water partition coefficient (Wildman–Crippen LogP) is 5.49. The van der Waals surface area contributed by atoms with Gasteiger partial charge in [0.15, 0.2) is 4.34 Å². The number of aromatic nitrogens is 1. The van der Waals surface area contributed by atoms with Gasteiger partial charge in [0.2, 0.25) is 0 Å². The highest BCUT2D eigenvalue weighted by Crippen LogP contribution is 2.28. The van der Waals surface area contributed by atoms with Crippen LogP contribution in [0.3, 0.4) is 0 Å². The monoisotopic (exact) mass is 445 g/mol. The summed E-state index contributed by atoms with van der Waals surface area (Å²) in [5.74, 6) is 0.861. The number of carbonyl (C=O) groups is 1. The molecule has 1 N–H and O–H groups in total. The number of thioether (sulfide) groups is 1. The highest BCUT2D eigenvalue weighted by Gasteiger charge is 2.08. The first kappa shape index (κ1) is 21.4. The van der Waals surface area contributed by atoms with Crippen LogP contribution in [0.15, 0.2) is 63.4 Å². The molecule has 3 rings (SSSR count). The van der Waals surface area contributed by atoms with E-state index in [0.29, 0.717) is 5.02 Å². The Hall–Kier alpha value is -2.35. The summed E-state index contributed by atoms with van der Waals surface area (Å²) in [6, 6.07) is 15.0. The molecule has 0 aliphatic heterocycles. The van der Waals surface area contributed by atoms with E-state index in [0.717, 1.165) is 26.9 Å². The number of benzene rings is 2. The maximum absolute atomic E-state index is 12.0. The van der Waals surface area contributed by atoms with Crippen LogP contribution in [0.25, 0.3) is 11.3 Å². The molecule has 0 fully saturated rings. The van der Waals surface area contributed by atoms with Crippen LogP contribution >= 0.6 is 34.7 Å². The zero-order valence-electron chi connectivity index (χ0n) is 16.0. The van der Waals surface area contributed by atoms with Gasteiger partial charge in [0, 0.05) is 16.0 Å². The van der Waals surface area contributed by atoms with Gasteiger partial charge < -0.3 is 4.74 Å². The lowest BCUT2D eigenvalue weighted by Crippen LogP contribution is -2.19. The quantitative estimate of drug-likeness (QED) is 0.283. The Morgan fingerprint density at radius 3 is 2.66 bits per heavy atom. The van der Waals surface area contributed by atoms with Crippen molar-refractivity contribution in [3.63, 3.8) is 0 Å². The summed E-state index contributed by atoms with van der Waals surface area (Å²) in [5.41, 5.74) is 5.28. The van der Waals surface area contributed by atoms with Gasteiger partial charge in [-0.15, -0.1) is 11.3 Å². The minimum Gasteiger partial charge on any atom is -0.491 e. The summed E-state index contributed by atoms with van der Waals surface area (Å²) < 4.78 is 6.42. The fraction of sp³-hybridized carbons (Fsp3) is 0.190. The number of halogens is 1. The van der Waals surface area contributed by atoms with Crippen molar-refractivity contribution in [3.05, 3.63) is 64.5 Å². The molecule has 0 spiro atoms. The van der Waals surface area contributed by atoms with Crippen LogP contribution in [0.2, 0.25) is 5.02 Å². The number of hydrazone groups is 1. The Morgan fingerprint density at radius 1 is 1.24 bits per heavy atom. The van der Waals surface area contributed by atoms with Gasteiger partial charge in [-0.1, -0.05) is 35.5 Å². The second kappa shape index (κ2) is 10.4. The number of thiazole rings is 1. The topological polar surface area (TPSA) is 63.6 Å². The van der Waals surface area contributed by atoms with Gasteiger partial charge in [-0.05, 0) is 55.8 Å². The highest BCUT2D eigenvalue weighted by atomic mass is 35.5. The van der Waals surface area contributed by atoms with Crippen molar-refractivity contribution in [2.45, 2.75) is 24.3 Å². The molecule has 8 heteroatoms. The first-order chi connectivity index (χ1) is 14.0. The Morgan fingerprint density at radius 2 is 1.97 bits per heavy atom. The van der Waals surface area contributed by atoms with Gasteiger partial charge >= 0.3 is 0 Å². The Bertz CT molecular complexity index is 970. The summed E-state index contributed by atoms with van der Waals surface area (Å²) in [6.45, 7) is 3.96. The maximum atomic E-state index is 12.0. The lowest BCUT2D eigenvalue weighted by Gasteiger charge is -2.09. The molecule has 1 heterocycles. The van der Waals surface area contributed by atoms with Crippen molar-refractivity contribution in [1.29, 1.82) is 0 Å². The van der Waals surface area contributed by atoms with Gasteiger partial charge in [0.05, 0.1) is 23.8 Å². The molecular formula is C21H20ClN3O2S2. The smallest absolute Gasteiger partial charge is 0.250 e. The van der Waals surface area contributed by atoms with E-state index in [9.17, 15) is 4.79 Å². The van der Waals surface area contributed by atoms with E-state index in [1.54, 1.807) is 6.21 Å². The minimum absolute atomic E-state index is 0.131. The summed E-state index contributed by atoms with van der Waals surface area (Å²) in [4.78, 5) is 16.5. The zero-order valence-corrected chi connectivity index (χ0v) is 18.4. The molecule has 29 heavy (non-hydrogen) atoms. The molecule has 3 aromatic rings. The first-order valence-corrected chi connectivity index (χ1v) is 11.2. The third-order valence-electron chi connectivity index (χ3n) is 3.60. The van der Waals surface area contributed by atoms with Gasteiger partial charge in [-0.3, -0.25) is 4.79 Å². The van der Waals surface area contributed by atoms with Crippen LogP contribution in [0.1, 0.15) is 19.4 Å². The van der Waals surface area contributed by atoms with E-state index >= 15 is 0 Å². The average Bonchev–Trinajstić information content (AvgIpc) is 3.17. The number of rotatable bonds is 8. The van der Waals surface area contributed by atoms with Crippen LogP contribution in [-0.2, 0) is 4.79 Å². The molecule has 0 saturated heterocycles. The lowest BCUT2D eigenvalue weighted by atomic mass is 10.2. The zero-order chi connectivity index (χ0) is 20.6. The van der Waals surface area contributed by atoms with E-state index in [-0.39, 0.29) is 17.8 Å². The van der Waals surface area contributed by atoms with Gasteiger partial charge in [0.1, 0.15) is 5.75 Å². The molecule has 0 radical (unpaired) electrons. The molecule has 0 bridgehead atoms. The molecule has 2 aromatic carbocycles. The summed E-state index contributed by atoms with van der Waals surface area (Å²) in [5, 5.41) is 6.65. The molecule has 1 aromatic heterocycles. The van der Waals surface area contributed by atoms with Crippen molar-refractivity contribution in [2.75, 3.05) is 5.75 Å². The second-order valence-electron chi connectivity index (χ2n) is 6.32. The second-order valence-corrected chi connectivity index (χ2v) is 8.84. The lowest BCUT2D eigenvalue weighted by molar-refractivity contribution is -0.118. The third kappa shape index (κ3) is 6.88. The molecular weight excluding hydrogens is 426 g/mol. The molecule has 0 unspecified atom stereocenters. The molecule has 0 aliphatic carbocycles. The first-order valence-electron chi connectivity index (χ1n) is 8.92. The van der Waals surface area contributed by atoms with Crippen molar-refractivity contribution in [2.24, 2.45) is 5.10 Å². The molecule has 0 atom stereocenters. The van der Waals surface area contributed by atoms with Crippen molar-refractivity contribution < 1.29 is 9.53 Å². The largest absolute Gasteiger partial charge is 0.491 e. The van der Waals surface area contributed by atoms with E-state index in [1.807, 2.05) is 67.8 Å². The SMILES string of the molecule is CC(C)Oc1ccc(/C=N/NC(=O)CSc2nc(-c3ccc(Cl)cc3)cs2)cc1. The van der Waals surface area contributed by atoms with Crippen LogP contribution in [0, 0.1) is 0 Å². The highest BCUT2D eigenvalue weighted by molar-refractivity contribution is 8.01. The fourth-order valence-electron chi connectivity index (χ4n) is 2.32. The summed E-state index contributed by atoms with van der Waals surface area (Å²) in [7, 11) is 0. The Labute approximate surface area is 183 Å². The van der Waals surface area contributed by atoms with Crippen LogP contribution < -0.4 is 10.2 Å². The molecule has 150 valence electrons. The summed E-state index contributed by atoms with van der Waals surface area (Å²) >= 11 is 8.80. The number of nitrogens with zero attached hydrogens (tertiary/aromatic N) is 2. The normalized spacial score (nSPS) is 11.2. The number of hydrogen-bond acceptors (Lipinski definition) is 6. The predicted molar refractivity (Wildman–Crippen MR) is 121 cm³/mol. The van der Waals surface area contributed by atoms with Gasteiger partial charge in [-0.2, -0.15) is 5.10 Å². The van der Waals surface area contributed by atoms with Gasteiger partial charge in [0.25, 0.3) is 5.91 Å². The standard InChI is InChI=1S/C21H20ClN3O2S2/c1-14(2)27-18-9-3-15(4-10-18)11-23-25-20(26)13-29-21-24-19(12-28-21)16-5-7-17(22)8-6-16/h3-12,14H,13H2,1-2H3,(H,25,26)/b23-11+. The number of ether oxygens (including phenoxy) is 1. The average molecular weight is 446 g/mol. The van der Waals surface area contributed by atoms with E-state index in [1.165, 1.54) is 23.1 Å². The Balaban J connectivity index is 1.45. The van der Waals surface area contributed by atoms with Gasteiger partial charge in [-0.25, -0.2) is 10.4 Å². The number of hydrogen-bond donors (Lipinski definition) is 1. The van der Waals surface area contributed by atoms with E-state index < -0.39 is 0 Å². The molecule has 5 nitrogen and oxygen atoms in total. The number of amides is 1. The third-order valence-corrected chi connectivity index (χ3v) is 5.88. The summed E-state index contributed by atoms with van der Waals surface area (Å²) in [6.07, 6.45) is 1.73. The van der Waals surface area contributed by atoms with Crippen molar-refractivity contribution in [3.8, 4) is 17.0 Å². The Kier molecular flexibility index (Phi) is 7.69. The van der Waals surface area contributed by atoms with E-state index in [4.69, 9.17) is 16.3 Å².